The van der Waals surface area contributed by atoms with Gasteiger partial charge in [-0.1, -0.05) is 0 Å². The molecule has 0 aliphatic carbocycles. The molecule has 0 bridgehead atoms. The Morgan fingerprint density at radius 3 is 2.62 bits per heavy atom. The third kappa shape index (κ3) is 2.27. The van der Waals surface area contributed by atoms with Gasteiger partial charge in [-0.3, -0.25) is 4.79 Å². The number of aliphatic hydroxyl groups is 2. The lowest BCUT2D eigenvalue weighted by molar-refractivity contribution is -0.131. The van der Waals surface area contributed by atoms with Crippen molar-refractivity contribution < 1.29 is 15.0 Å². The minimum atomic E-state index is -1.53. The fourth-order valence-electron chi connectivity index (χ4n) is 0.920. The van der Waals surface area contributed by atoms with Crippen molar-refractivity contribution in [2.75, 3.05) is 0 Å². The molecule has 1 rings (SSSR count). The van der Waals surface area contributed by atoms with Crippen molar-refractivity contribution in [3.05, 3.63) is 21.9 Å². The van der Waals surface area contributed by atoms with Crippen LogP contribution in [0.4, 0.5) is 0 Å². The van der Waals surface area contributed by atoms with Crippen LogP contribution in [0.1, 0.15) is 16.5 Å². The highest BCUT2D eigenvalue weighted by Gasteiger charge is 2.24. The maximum Gasteiger partial charge on any atom is 0.249 e. The van der Waals surface area contributed by atoms with Gasteiger partial charge in [0.2, 0.25) is 5.91 Å². The first-order chi connectivity index (χ1) is 6.02. The van der Waals surface area contributed by atoms with Gasteiger partial charge in [0.15, 0.2) is 6.10 Å². The molecule has 5 heteroatoms. The van der Waals surface area contributed by atoms with Crippen LogP contribution < -0.4 is 5.73 Å². The van der Waals surface area contributed by atoms with E-state index < -0.39 is 18.1 Å². The van der Waals surface area contributed by atoms with Crippen molar-refractivity contribution >= 4 is 17.2 Å². The highest BCUT2D eigenvalue weighted by molar-refractivity contribution is 7.10. The van der Waals surface area contributed by atoms with E-state index in [4.69, 9.17) is 10.8 Å². The van der Waals surface area contributed by atoms with Gasteiger partial charge < -0.3 is 15.9 Å². The number of carbonyl (C=O) groups is 1. The minimum Gasteiger partial charge on any atom is -0.384 e. The molecule has 2 atom stereocenters. The normalized spacial score (nSPS) is 15.3. The molecule has 1 heterocycles. The summed E-state index contributed by atoms with van der Waals surface area (Å²) in [5.41, 5.74) is 5.82. The Kier molecular flexibility index (Phi) is 3.02. The summed E-state index contributed by atoms with van der Waals surface area (Å²) < 4.78 is 0. The number of aliphatic hydroxyl groups excluding tert-OH is 2. The topological polar surface area (TPSA) is 83.6 Å². The van der Waals surface area contributed by atoms with Crippen molar-refractivity contribution in [1.82, 2.24) is 0 Å². The molecule has 0 aliphatic heterocycles. The predicted molar refractivity (Wildman–Crippen MR) is 49.2 cm³/mol. The highest BCUT2D eigenvalue weighted by Crippen LogP contribution is 2.24. The third-order valence-corrected chi connectivity index (χ3v) is 2.75. The SMILES string of the molecule is Cc1csc(C(O)C(O)C(N)=O)c1. The number of hydrogen-bond acceptors (Lipinski definition) is 4. The van der Waals surface area contributed by atoms with E-state index in [1.54, 1.807) is 6.07 Å². The second kappa shape index (κ2) is 3.87. The van der Waals surface area contributed by atoms with Gasteiger partial charge in [-0.05, 0) is 23.9 Å². The highest BCUT2D eigenvalue weighted by atomic mass is 32.1. The fraction of sp³-hybridized carbons (Fsp3) is 0.375. The van der Waals surface area contributed by atoms with Gasteiger partial charge in [0.05, 0.1) is 0 Å². The Morgan fingerprint density at radius 1 is 1.62 bits per heavy atom. The molecule has 0 fully saturated rings. The number of primary amides is 1. The Hall–Kier alpha value is -0.910. The van der Waals surface area contributed by atoms with E-state index in [2.05, 4.69) is 0 Å². The van der Waals surface area contributed by atoms with Gasteiger partial charge in [-0.2, -0.15) is 0 Å². The fourth-order valence-corrected chi connectivity index (χ4v) is 1.83. The quantitative estimate of drug-likeness (QED) is 0.640. The smallest absolute Gasteiger partial charge is 0.249 e. The summed E-state index contributed by atoms with van der Waals surface area (Å²) in [6.45, 7) is 1.86. The average Bonchev–Trinajstić information content (AvgIpc) is 2.49. The molecule has 4 N–H and O–H groups in total. The number of carbonyl (C=O) groups excluding carboxylic acids is 1. The molecule has 13 heavy (non-hydrogen) atoms. The Morgan fingerprint density at radius 2 is 2.23 bits per heavy atom. The summed E-state index contributed by atoms with van der Waals surface area (Å²) in [6, 6.07) is 1.71. The third-order valence-electron chi connectivity index (χ3n) is 1.63. The maximum atomic E-state index is 10.5. The van der Waals surface area contributed by atoms with Crippen LogP contribution in [-0.4, -0.2) is 22.2 Å². The monoisotopic (exact) mass is 201 g/mol. The summed E-state index contributed by atoms with van der Waals surface area (Å²) in [4.78, 5) is 11.1. The van der Waals surface area contributed by atoms with E-state index in [9.17, 15) is 9.90 Å². The molecule has 4 nitrogen and oxygen atoms in total. The summed E-state index contributed by atoms with van der Waals surface area (Å²) in [5, 5.41) is 20.4. The lowest BCUT2D eigenvalue weighted by atomic mass is 10.1. The van der Waals surface area contributed by atoms with E-state index >= 15 is 0 Å². The van der Waals surface area contributed by atoms with Crippen LogP contribution in [0.2, 0.25) is 0 Å². The lowest BCUT2D eigenvalue weighted by Gasteiger charge is -2.12. The second-order valence-electron chi connectivity index (χ2n) is 2.82. The lowest BCUT2D eigenvalue weighted by Crippen LogP contribution is -2.33. The molecule has 1 aromatic heterocycles. The number of nitrogens with two attached hydrogens (primary N) is 1. The molecule has 0 aromatic carbocycles. The van der Waals surface area contributed by atoms with Gasteiger partial charge in [0, 0.05) is 4.88 Å². The summed E-state index contributed by atoms with van der Waals surface area (Å²) in [5.74, 6) is -0.918. The Labute approximate surface area is 79.6 Å². The van der Waals surface area contributed by atoms with Gasteiger partial charge in [-0.25, -0.2) is 0 Å². The molecule has 0 saturated heterocycles. The van der Waals surface area contributed by atoms with Gasteiger partial charge in [-0.15, -0.1) is 11.3 Å². The first kappa shape index (κ1) is 10.2. The van der Waals surface area contributed by atoms with Crippen LogP contribution in [-0.2, 0) is 4.79 Å². The van der Waals surface area contributed by atoms with Crippen molar-refractivity contribution in [2.24, 2.45) is 5.73 Å². The molecule has 1 aromatic rings. The van der Waals surface area contributed by atoms with Crippen LogP contribution in [0.3, 0.4) is 0 Å². The van der Waals surface area contributed by atoms with E-state index in [0.29, 0.717) is 4.88 Å². The minimum absolute atomic E-state index is 0.545. The zero-order valence-corrected chi connectivity index (χ0v) is 7.91. The van der Waals surface area contributed by atoms with Crippen molar-refractivity contribution in [3.63, 3.8) is 0 Å². The van der Waals surface area contributed by atoms with Gasteiger partial charge in [0.1, 0.15) is 6.10 Å². The van der Waals surface area contributed by atoms with Crippen LogP contribution >= 0.6 is 11.3 Å². The van der Waals surface area contributed by atoms with E-state index in [-0.39, 0.29) is 0 Å². The van der Waals surface area contributed by atoms with Crippen molar-refractivity contribution in [2.45, 2.75) is 19.1 Å². The van der Waals surface area contributed by atoms with Crippen LogP contribution in [0.5, 0.6) is 0 Å². The number of hydrogen-bond donors (Lipinski definition) is 3. The first-order valence-electron chi connectivity index (χ1n) is 3.73. The zero-order valence-electron chi connectivity index (χ0n) is 7.10. The first-order valence-corrected chi connectivity index (χ1v) is 4.61. The van der Waals surface area contributed by atoms with Crippen molar-refractivity contribution in [3.8, 4) is 0 Å². The molecular formula is C8H11NO3S. The molecule has 0 aliphatic rings. The number of amides is 1. The summed E-state index contributed by atoms with van der Waals surface area (Å²) in [6.07, 6.45) is -2.74. The molecule has 0 spiro atoms. The maximum absolute atomic E-state index is 10.5. The second-order valence-corrected chi connectivity index (χ2v) is 3.76. The largest absolute Gasteiger partial charge is 0.384 e. The number of thiophene rings is 1. The zero-order chi connectivity index (χ0) is 10.0. The van der Waals surface area contributed by atoms with Gasteiger partial charge >= 0.3 is 0 Å². The summed E-state index contributed by atoms with van der Waals surface area (Å²) >= 11 is 1.29. The molecule has 2 unspecified atom stereocenters. The number of rotatable bonds is 3. The standard InChI is InChI=1S/C8H11NO3S/c1-4-2-5(13-3-4)6(10)7(11)8(9)12/h2-3,6-7,10-11H,1H3,(H2,9,12). The molecule has 0 radical (unpaired) electrons. The van der Waals surface area contributed by atoms with E-state index in [1.165, 1.54) is 11.3 Å². The Bertz CT molecular complexity index is 310. The molecular weight excluding hydrogens is 190 g/mol. The summed E-state index contributed by atoms with van der Waals surface area (Å²) in [7, 11) is 0. The van der Waals surface area contributed by atoms with E-state index in [0.717, 1.165) is 5.56 Å². The van der Waals surface area contributed by atoms with Gasteiger partial charge in [0.25, 0.3) is 0 Å². The Balaban J connectivity index is 2.78. The average molecular weight is 201 g/mol. The van der Waals surface area contributed by atoms with Crippen LogP contribution in [0, 0.1) is 6.92 Å². The predicted octanol–water partition coefficient (Wildman–Crippen LogP) is -0.0639. The van der Waals surface area contributed by atoms with E-state index in [1.807, 2.05) is 12.3 Å². The van der Waals surface area contributed by atoms with Crippen LogP contribution in [0.15, 0.2) is 11.4 Å². The molecule has 1 amide bonds. The number of aryl methyl sites for hydroxylation is 1. The van der Waals surface area contributed by atoms with Crippen molar-refractivity contribution in [1.29, 1.82) is 0 Å². The van der Waals surface area contributed by atoms with Crippen LogP contribution in [0.25, 0.3) is 0 Å². The molecule has 72 valence electrons. The molecule has 0 saturated carbocycles.